The highest BCUT2D eigenvalue weighted by Gasteiger charge is 2.19. The molecule has 2 amide bonds. The van der Waals surface area contributed by atoms with E-state index in [0.717, 1.165) is 0 Å². The molecule has 4 N–H and O–H groups in total. The normalized spacial score (nSPS) is 11.8. The SMILES string of the molecule is O=C(Nc1nccs1)N[C@@H](CCO)C(=O)O. The van der Waals surface area contributed by atoms with Gasteiger partial charge in [0.1, 0.15) is 6.04 Å². The number of urea groups is 1. The Bertz CT molecular complexity index is 354. The summed E-state index contributed by atoms with van der Waals surface area (Å²) in [4.78, 5) is 25.8. The topological polar surface area (TPSA) is 112 Å². The van der Waals surface area contributed by atoms with Crippen molar-refractivity contribution in [2.24, 2.45) is 0 Å². The van der Waals surface area contributed by atoms with Crippen LogP contribution < -0.4 is 10.6 Å². The van der Waals surface area contributed by atoms with Crippen LogP contribution in [-0.2, 0) is 4.79 Å². The molecule has 0 radical (unpaired) electrons. The van der Waals surface area contributed by atoms with E-state index in [1.807, 2.05) is 0 Å². The fourth-order valence-electron chi connectivity index (χ4n) is 0.963. The van der Waals surface area contributed by atoms with E-state index in [9.17, 15) is 9.59 Å². The highest BCUT2D eigenvalue weighted by molar-refractivity contribution is 7.13. The van der Waals surface area contributed by atoms with Gasteiger partial charge in [-0.25, -0.2) is 14.6 Å². The van der Waals surface area contributed by atoms with Crippen LogP contribution in [-0.4, -0.2) is 39.8 Å². The molecule has 1 aromatic rings. The van der Waals surface area contributed by atoms with E-state index < -0.39 is 18.0 Å². The zero-order valence-electron chi connectivity index (χ0n) is 8.21. The van der Waals surface area contributed by atoms with E-state index in [1.165, 1.54) is 17.5 Å². The van der Waals surface area contributed by atoms with Gasteiger partial charge < -0.3 is 15.5 Å². The molecule has 16 heavy (non-hydrogen) atoms. The summed E-state index contributed by atoms with van der Waals surface area (Å²) in [7, 11) is 0. The molecule has 0 aliphatic heterocycles. The Morgan fingerprint density at radius 2 is 2.31 bits per heavy atom. The number of aliphatic hydroxyl groups excluding tert-OH is 1. The minimum Gasteiger partial charge on any atom is -0.480 e. The average Bonchev–Trinajstić information content (AvgIpc) is 2.69. The number of nitrogens with one attached hydrogen (secondary N) is 2. The van der Waals surface area contributed by atoms with Crippen molar-refractivity contribution >= 4 is 28.5 Å². The van der Waals surface area contributed by atoms with Gasteiger partial charge >= 0.3 is 12.0 Å². The van der Waals surface area contributed by atoms with Crippen LogP contribution in [0.3, 0.4) is 0 Å². The fraction of sp³-hybridized carbons (Fsp3) is 0.375. The van der Waals surface area contributed by atoms with Gasteiger partial charge in [0, 0.05) is 24.6 Å². The van der Waals surface area contributed by atoms with Crippen LogP contribution in [0.1, 0.15) is 6.42 Å². The van der Waals surface area contributed by atoms with Crippen LogP contribution in [0.4, 0.5) is 9.93 Å². The van der Waals surface area contributed by atoms with Gasteiger partial charge in [-0.1, -0.05) is 0 Å². The van der Waals surface area contributed by atoms with Gasteiger partial charge in [-0.15, -0.1) is 11.3 Å². The Labute approximate surface area is 95.1 Å². The molecule has 0 aliphatic carbocycles. The van der Waals surface area contributed by atoms with Crippen molar-refractivity contribution in [3.63, 3.8) is 0 Å². The molecule has 0 bridgehead atoms. The van der Waals surface area contributed by atoms with Crippen molar-refractivity contribution in [1.29, 1.82) is 0 Å². The second kappa shape index (κ2) is 6.03. The number of carboxylic acids is 1. The van der Waals surface area contributed by atoms with Crippen LogP contribution in [0.2, 0.25) is 0 Å². The maximum Gasteiger partial charge on any atom is 0.326 e. The van der Waals surface area contributed by atoms with Gasteiger partial charge in [0.25, 0.3) is 0 Å². The summed E-state index contributed by atoms with van der Waals surface area (Å²) in [6.45, 7) is -0.311. The molecule has 1 atom stereocenters. The van der Waals surface area contributed by atoms with Gasteiger partial charge in [0.15, 0.2) is 5.13 Å². The minimum absolute atomic E-state index is 0.0410. The third-order valence-electron chi connectivity index (χ3n) is 1.67. The predicted octanol–water partition coefficient (Wildman–Crippen LogP) is 0.100. The van der Waals surface area contributed by atoms with Crippen LogP contribution in [0.25, 0.3) is 0 Å². The first kappa shape index (κ1) is 12.4. The first-order valence-electron chi connectivity index (χ1n) is 4.44. The number of aliphatic hydroxyl groups is 1. The Morgan fingerprint density at radius 3 is 2.81 bits per heavy atom. The minimum atomic E-state index is -1.19. The number of aliphatic carboxylic acids is 1. The Kier molecular flexibility index (Phi) is 4.67. The Balaban J connectivity index is 2.45. The lowest BCUT2D eigenvalue weighted by Gasteiger charge is -2.12. The number of anilines is 1. The summed E-state index contributed by atoms with van der Waals surface area (Å²) < 4.78 is 0. The summed E-state index contributed by atoms with van der Waals surface area (Å²) in [6, 6.07) is -1.76. The lowest BCUT2D eigenvalue weighted by molar-refractivity contribution is -0.139. The standard InChI is InChI=1S/C8H11N3O4S/c12-3-1-5(6(13)14)10-7(15)11-8-9-2-4-16-8/h2,4-5,12H,1,3H2,(H,13,14)(H2,9,10,11,15)/t5-/m0/s1. The number of nitrogens with zero attached hydrogens (tertiary/aromatic N) is 1. The van der Waals surface area contributed by atoms with E-state index >= 15 is 0 Å². The predicted molar refractivity (Wildman–Crippen MR) is 57.4 cm³/mol. The number of rotatable bonds is 5. The van der Waals surface area contributed by atoms with Gasteiger partial charge in [0.2, 0.25) is 0 Å². The van der Waals surface area contributed by atoms with E-state index in [1.54, 1.807) is 5.38 Å². The van der Waals surface area contributed by atoms with Crippen molar-refractivity contribution in [2.75, 3.05) is 11.9 Å². The molecule has 0 unspecified atom stereocenters. The number of amides is 2. The number of carbonyl (C=O) groups excluding carboxylic acids is 1. The largest absolute Gasteiger partial charge is 0.480 e. The van der Waals surface area contributed by atoms with E-state index in [2.05, 4.69) is 15.6 Å². The molecular formula is C8H11N3O4S. The van der Waals surface area contributed by atoms with Crippen molar-refractivity contribution < 1.29 is 19.8 Å². The number of hydrogen-bond donors (Lipinski definition) is 4. The van der Waals surface area contributed by atoms with Gasteiger partial charge in [0.05, 0.1) is 0 Å². The van der Waals surface area contributed by atoms with Gasteiger partial charge in [-0.3, -0.25) is 5.32 Å². The summed E-state index contributed by atoms with van der Waals surface area (Å²) in [5, 5.41) is 24.0. The van der Waals surface area contributed by atoms with Gasteiger partial charge in [-0.05, 0) is 0 Å². The van der Waals surface area contributed by atoms with Crippen LogP contribution in [0.15, 0.2) is 11.6 Å². The number of carboxylic acid groups (broad SMARTS) is 1. The lowest BCUT2D eigenvalue weighted by atomic mass is 10.2. The Morgan fingerprint density at radius 1 is 1.56 bits per heavy atom. The highest BCUT2D eigenvalue weighted by Crippen LogP contribution is 2.09. The molecule has 0 aromatic carbocycles. The first-order valence-corrected chi connectivity index (χ1v) is 5.32. The third kappa shape index (κ3) is 3.83. The smallest absolute Gasteiger partial charge is 0.326 e. The lowest BCUT2D eigenvalue weighted by Crippen LogP contribution is -2.43. The van der Waals surface area contributed by atoms with Crippen LogP contribution in [0.5, 0.6) is 0 Å². The van der Waals surface area contributed by atoms with Crippen LogP contribution in [0, 0.1) is 0 Å². The second-order valence-electron chi connectivity index (χ2n) is 2.84. The summed E-state index contributed by atoms with van der Waals surface area (Å²) in [6.07, 6.45) is 1.48. The number of carbonyl (C=O) groups is 2. The van der Waals surface area contributed by atoms with Crippen molar-refractivity contribution in [3.05, 3.63) is 11.6 Å². The van der Waals surface area contributed by atoms with Crippen molar-refractivity contribution in [3.8, 4) is 0 Å². The number of thiazole rings is 1. The highest BCUT2D eigenvalue weighted by atomic mass is 32.1. The zero-order chi connectivity index (χ0) is 12.0. The molecule has 0 saturated heterocycles. The van der Waals surface area contributed by atoms with E-state index in [-0.39, 0.29) is 13.0 Å². The maximum absolute atomic E-state index is 11.3. The van der Waals surface area contributed by atoms with E-state index in [0.29, 0.717) is 5.13 Å². The molecule has 0 aliphatic rings. The molecule has 0 saturated carbocycles. The first-order chi connectivity index (χ1) is 7.63. The van der Waals surface area contributed by atoms with Crippen molar-refractivity contribution in [2.45, 2.75) is 12.5 Å². The average molecular weight is 245 g/mol. The molecule has 8 heteroatoms. The van der Waals surface area contributed by atoms with Crippen LogP contribution >= 0.6 is 11.3 Å². The summed E-state index contributed by atoms with van der Waals surface area (Å²) >= 11 is 1.22. The Hall–Kier alpha value is -1.67. The third-order valence-corrected chi connectivity index (χ3v) is 2.36. The van der Waals surface area contributed by atoms with E-state index in [4.69, 9.17) is 10.2 Å². The van der Waals surface area contributed by atoms with Crippen molar-refractivity contribution in [1.82, 2.24) is 10.3 Å². The zero-order valence-corrected chi connectivity index (χ0v) is 9.03. The number of aromatic nitrogens is 1. The summed E-state index contributed by atoms with van der Waals surface area (Å²) in [5.41, 5.74) is 0. The number of hydrogen-bond acceptors (Lipinski definition) is 5. The maximum atomic E-state index is 11.3. The molecule has 88 valence electrons. The molecule has 1 heterocycles. The quantitative estimate of drug-likeness (QED) is 0.588. The molecule has 7 nitrogen and oxygen atoms in total. The fourth-order valence-corrected chi connectivity index (χ4v) is 1.49. The van der Waals surface area contributed by atoms with Gasteiger partial charge in [-0.2, -0.15) is 0 Å². The second-order valence-corrected chi connectivity index (χ2v) is 3.73. The molecule has 1 rings (SSSR count). The summed E-state index contributed by atoms with van der Waals surface area (Å²) in [5.74, 6) is -1.19. The molecule has 0 fully saturated rings. The molecule has 0 spiro atoms. The monoisotopic (exact) mass is 245 g/mol. The molecule has 1 aromatic heterocycles. The molecular weight excluding hydrogens is 234 g/mol.